The van der Waals surface area contributed by atoms with Crippen molar-refractivity contribution in [2.45, 2.75) is 268 Å². The number of hydrogen-bond donors (Lipinski definition) is 6. The highest BCUT2D eigenvalue weighted by atomic mass is 31.2. The van der Waals surface area contributed by atoms with Gasteiger partial charge in [-0.2, -0.15) is 0 Å². The summed E-state index contributed by atoms with van der Waals surface area (Å²) in [4.78, 5) is 23.3. The van der Waals surface area contributed by atoms with Crippen molar-refractivity contribution >= 4 is 13.8 Å². The van der Waals surface area contributed by atoms with Crippen molar-refractivity contribution in [3.63, 3.8) is 0 Å². The zero-order valence-electron chi connectivity index (χ0n) is 43.4. The number of carbonyl (C=O) groups excluding carboxylic acids is 1. The Labute approximate surface area is 419 Å². The molecule has 13 heteroatoms. The Balaban J connectivity index is 2.31. The van der Waals surface area contributed by atoms with Crippen LogP contribution in [0.4, 0.5) is 0 Å². The third-order valence-corrected chi connectivity index (χ3v) is 13.6. The molecule has 0 amide bonds. The molecule has 12 nitrogen and oxygen atoms in total. The van der Waals surface area contributed by atoms with Gasteiger partial charge in [0.05, 0.1) is 13.2 Å². The average molecular weight is 997 g/mol. The highest BCUT2D eigenvalue weighted by molar-refractivity contribution is 7.47. The lowest BCUT2D eigenvalue weighted by molar-refractivity contribution is -0.220. The van der Waals surface area contributed by atoms with Crippen LogP contribution >= 0.6 is 7.82 Å². The van der Waals surface area contributed by atoms with E-state index in [9.17, 15) is 39.8 Å². The van der Waals surface area contributed by atoms with Crippen LogP contribution in [0.15, 0.2) is 60.8 Å². The normalized spacial score (nSPS) is 21.4. The van der Waals surface area contributed by atoms with E-state index >= 15 is 0 Å². The van der Waals surface area contributed by atoms with Crippen LogP contribution in [0.3, 0.4) is 0 Å². The molecule has 1 fully saturated rings. The van der Waals surface area contributed by atoms with Gasteiger partial charge in [0.25, 0.3) is 0 Å². The second kappa shape index (κ2) is 45.9. The van der Waals surface area contributed by atoms with Gasteiger partial charge in [-0.25, -0.2) is 4.57 Å². The van der Waals surface area contributed by atoms with Gasteiger partial charge in [-0.3, -0.25) is 13.8 Å². The lowest BCUT2D eigenvalue weighted by Crippen LogP contribution is -2.64. The number of aliphatic hydroxyl groups excluding tert-OH is 5. The minimum atomic E-state index is -5.03. The molecular weight excluding hydrogens is 896 g/mol. The van der Waals surface area contributed by atoms with Crippen LogP contribution in [0.1, 0.15) is 226 Å². The molecule has 6 unspecified atom stereocenters. The van der Waals surface area contributed by atoms with E-state index in [1.54, 1.807) is 0 Å². The van der Waals surface area contributed by atoms with E-state index in [-0.39, 0.29) is 13.0 Å². The standard InChI is InChI=1S/C56H101O12P/c1-3-5-7-9-11-13-15-17-19-21-23-24-25-26-27-28-30-32-34-36-38-40-42-44-46-65-47-49(48-66-69(63,64)68-56-54(61)52(59)51(58)53(60)55(56)62)67-50(57)45-43-41-39-37-35-33-31-29-22-20-18-16-14-12-10-8-6-4-2/h5,7,11,13,17,19,23-24,26-27,49,51-56,58-62H,3-4,6,8-10,12,14-16,18,20-22,25,28-48H2,1-2H3,(H,63,64)/b7-5-,13-11-,19-17-,24-23-,27-26-. The number of unbranched alkanes of at least 4 members (excludes halogenated alkanes) is 25. The van der Waals surface area contributed by atoms with Gasteiger partial charge in [-0.15, -0.1) is 0 Å². The summed E-state index contributed by atoms with van der Waals surface area (Å²) in [5, 5.41) is 50.4. The Hall–Kier alpha value is -1.96. The second-order valence-electron chi connectivity index (χ2n) is 19.1. The van der Waals surface area contributed by atoms with Gasteiger partial charge in [-0.05, 0) is 57.8 Å². The van der Waals surface area contributed by atoms with Crippen LogP contribution in [0, 0.1) is 0 Å². The van der Waals surface area contributed by atoms with Crippen molar-refractivity contribution in [2.24, 2.45) is 0 Å². The van der Waals surface area contributed by atoms with Crippen molar-refractivity contribution in [1.29, 1.82) is 0 Å². The molecule has 0 heterocycles. The van der Waals surface area contributed by atoms with Crippen molar-refractivity contribution in [3.05, 3.63) is 60.8 Å². The molecule has 0 spiro atoms. The van der Waals surface area contributed by atoms with E-state index in [2.05, 4.69) is 74.6 Å². The number of esters is 1. The van der Waals surface area contributed by atoms with E-state index in [0.717, 1.165) is 83.5 Å². The average Bonchev–Trinajstić information content (AvgIpc) is 3.34. The van der Waals surface area contributed by atoms with Crippen molar-refractivity contribution in [2.75, 3.05) is 19.8 Å². The Morgan fingerprint density at radius 2 is 0.855 bits per heavy atom. The number of rotatable bonds is 47. The van der Waals surface area contributed by atoms with E-state index in [1.165, 1.54) is 116 Å². The summed E-state index contributed by atoms with van der Waals surface area (Å²) < 4.78 is 34.4. The topological polar surface area (TPSA) is 192 Å². The molecule has 0 radical (unpaired) electrons. The summed E-state index contributed by atoms with van der Waals surface area (Å²) in [6.07, 6.45) is 47.1. The first-order valence-electron chi connectivity index (χ1n) is 27.6. The van der Waals surface area contributed by atoms with Crippen LogP contribution < -0.4 is 0 Å². The minimum absolute atomic E-state index is 0.0823. The second-order valence-corrected chi connectivity index (χ2v) is 20.5. The number of carbonyl (C=O) groups is 1. The molecule has 69 heavy (non-hydrogen) atoms. The van der Waals surface area contributed by atoms with Gasteiger partial charge in [0.2, 0.25) is 0 Å². The van der Waals surface area contributed by atoms with Crippen LogP contribution in [-0.4, -0.2) is 98.9 Å². The monoisotopic (exact) mass is 997 g/mol. The van der Waals surface area contributed by atoms with E-state index in [4.69, 9.17) is 18.5 Å². The maximum absolute atomic E-state index is 12.9. The molecule has 0 aromatic rings. The quantitative estimate of drug-likeness (QED) is 0.0147. The molecule has 0 aromatic heterocycles. The SMILES string of the molecule is CC/C=C\C/C=C\C/C=C\C/C=C\C/C=C\CCCCCCCCCCOCC(COP(=O)(O)OC1C(O)C(O)C(O)C(O)C1O)OC(=O)CCCCCCCCCCCCCCCCCCCC. The maximum atomic E-state index is 12.9. The van der Waals surface area contributed by atoms with Crippen molar-refractivity contribution in [1.82, 2.24) is 0 Å². The highest BCUT2D eigenvalue weighted by Crippen LogP contribution is 2.47. The first-order valence-corrected chi connectivity index (χ1v) is 29.1. The fraction of sp³-hybridized carbons (Fsp3) is 0.804. The van der Waals surface area contributed by atoms with Crippen LogP contribution in [0.25, 0.3) is 0 Å². The Morgan fingerprint density at radius 3 is 1.30 bits per heavy atom. The Morgan fingerprint density at radius 1 is 0.478 bits per heavy atom. The zero-order chi connectivity index (χ0) is 50.5. The van der Waals surface area contributed by atoms with Crippen molar-refractivity contribution < 1.29 is 58.3 Å². The lowest BCUT2D eigenvalue weighted by Gasteiger charge is -2.41. The molecule has 1 aliphatic carbocycles. The third-order valence-electron chi connectivity index (χ3n) is 12.7. The largest absolute Gasteiger partial charge is 0.472 e. The number of phosphoric ester groups is 1. The molecule has 1 aliphatic rings. The van der Waals surface area contributed by atoms with Gasteiger partial charge in [0.1, 0.15) is 42.7 Å². The maximum Gasteiger partial charge on any atom is 0.472 e. The Bertz CT molecular complexity index is 1370. The van der Waals surface area contributed by atoms with Gasteiger partial charge < -0.3 is 39.9 Å². The number of ether oxygens (including phenoxy) is 2. The third kappa shape index (κ3) is 37.5. The van der Waals surface area contributed by atoms with Gasteiger partial charge in [0, 0.05) is 13.0 Å². The number of phosphoric acid groups is 1. The molecule has 0 saturated heterocycles. The molecule has 1 rings (SSSR count). The minimum Gasteiger partial charge on any atom is -0.457 e. The lowest BCUT2D eigenvalue weighted by atomic mass is 9.85. The fourth-order valence-electron chi connectivity index (χ4n) is 8.33. The molecule has 0 aliphatic heterocycles. The molecule has 0 bridgehead atoms. The number of aliphatic hydroxyl groups is 5. The van der Waals surface area contributed by atoms with Crippen LogP contribution in [0.2, 0.25) is 0 Å². The summed E-state index contributed by atoms with van der Waals surface area (Å²) >= 11 is 0. The molecule has 1 saturated carbocycles. The smallest absolute Gasteiger partial charge is 0.457 e. The first-order chi connectivity index (χ1) is 33.5. The molecule has 0 aromatic carbocycles. The predicted molar refractivity (Wildman–Crippen MR) is 281 cm³/mol. The molecule has 6 atom stereocenters. The van der Waals surface area contributed by atoms with Gasteiger partial charge >= 0.3 is 13.8 Å². The van der Waals surface area contributed by atoms with E-state index < -0.39 is 63.1 Å². The van der Waals surface area contributed by atoms with Crippen LogP contribution in [0.5, 0.6) is 0 Å². The van der Waals surface area contributed by atoms with Gasteiger partial charge in [-0.1, -0.05) is 222 Å². The van der Waals surface area contributed by atoms with Gasteiger partial charge in [0.15, 0.2) is 0 Å². The zero-order valence-corrected chi connectivity index (χ0v) is 44.2. The number of allylic oxidation sites excluding steroid dienone is 10. The molecule has 402 valence electrons. The summed E-state index contributed by atoms with van der Waals surface area (Å²) in [5.74, 6) is -0.478. The Kier molecular flexibility index (Phi) is 43.2. The fourth-order valence-corrected chi connectivity index (χ4v) is 9.30. The van der Waals surface area contributed by atoms with Crippen molar-refractivity contribution in [3.8, 4) is 0 Å². The summed E-state index contributed by atoms with van der Waals surface area (Å²) in [6.45, 7) is 4.16. The highest BCUT2D eigenvalue weighted by Gasteiger charge is 2.51. The molecule has 6 N–H and O–H groups in total. The van der Waals surface area contributed by atoms with E-state index in [0.29, 0.717) is 13.0 Å². The number of hydrogen-bond acceptors (Lipinski definition) is 11. The van der Waals surface area contributed by atoms with E-state index in [1.807, 2.05) is 0 Å². The summed E-state index contributed by atoms with van der Waals surface area (Å²) in [6, 6.07) is 0. The molecular formula is C56H101O12P. The van der Waals surface area contributed by atoms with Crippen LogP contribution in [-0.2, 0) is 27.9 Å². The summed E-state index contributed by atoms with van der Waals surface area (Å²) in [5.41, 5.74) is 0. The predicted octanol–water partition coefficient (Wildman–Crippen LogP) is 12.9. The first kappa shape index (κ1) is 65.1. The summed E-state index contributed by atoms with van der Waals surface area (Å²) in [7, 11) is -5.03.